The second-order valence-electron chi connectivity index (χ2n) is 3.45. The normalized spacial score (nSPS) is 21.0. The molecule has 0 amide bonds. The summed E-state index contributed by atoms with van der Waals surface area (Å²) in [5.74, 6) is 0. The van der Waals surface area contributed by atoms with Crippen LogP contribution in [0.15, 0.2) is 0 Å². The molecule has 0 aromatic carbocycles. The molecule has 0 aromatic rings. The van der Waals surface area contributed by atoms with E-state index in [0.29, 0.717) is 6.04 Å². The summed E-state index contributed by atoms with van der Waals surface area (Å²) in [4.78, 5) is 0. The molecule has 66 valence electrons. The minimum atomic E-state index is 0.462. The molecule has 11 heavy (non-hydrogen) atoms. The molecule has 0 heterocycles. The molecule has 0 aliphatic heterocycles. The Labute approximate surface area is 69.2 Å². The molecule has 1 aliphatic carbocycles. The van der Waals surface area contributed by atoms with Crippen molar-refractivity contribution in [2.75, 3.05) is 6.54 Å². The maximum atomic E-state index is 9.51. The van der Waals surface area contributed by atoms with Crippen molar-refractivity contribution in [3.8, 4) is 0 Å². The summed E-state index contributed by atoms with van der Waals surface area (Å²) >= 11 is 0. The predicted molar refractivity (Wildman–Crippen MR) is 45.7 cm³/mol. The van der Waals surface area contributed by atoms with Gasteiger partial charge in [0, 0.05) is 12.6 Å². The number of hydroxylamine groups is 2. The van der Waals surface area contributed by atoms with Crippen molar-refractivity contribution in [3.05, 3.63) is 0 Å². The van der Waals surface area contributed by atoms with Crippen LogP contribution >= 0.6 is 0 Å². The lowest BCUT2D eigenvalue weighted by Crippen LogP contribution is -2.34. The van der Waals surface area contributed by atoms with Crippen LogP contribution in [0.4, 0.5) is 0 Å². The molecule has 0 saturated heterocycles. The molecule has 1 saturated carbocycles. The lowest BCUT2D eigenvalue weighted by atomic mass is 9.95. The Morgan fingerprint density at radius 3 is 2.45 bits per heavy atom. The van der Waals surface area contributed by atoms with Gasteiger partial charge in [-0.2, -0.15) is 5.06 Å². The highest BCUT2D eigenvalue weighted by Gasteiger charge is 2.18. The SMILES string of the molecule is CCCN(O)C1CCCCC1. The third kappa shape index (κ3) is 2.80. The summed E-state index contributed by atoms with van der Waals surface area (Å²) < 4.78 is 0. The van der Waals surface area contributed by atoms with Crippen LogP contribution in [-0.4, -0.2) is 22.9 Å². The molecule has 0 radical (unpaired) electrons. The minimum absolute atomic E-state index is 0.462. The maximum absolute atomic E-state index is 9.51. The van der Waals surface area contributed by atoms with Crippen LogP contribution in [0.3, 0.4) is 0 Å². The fourth-order valence-corrected chi connectivity index (χ4v) is 1.79. The van der Waals surface area contributed by atoms with Crippen LogP contribution in [0.25, 0.3) is 0 Å². The Morgan fingerprint density at radius 1 is 1.27 bits per heavy atom. The van der Waals surface area contributed by atoms with Crippen molar-refractivity contribution < 1.29 is 5.21 Å². The Bertz CT molecular complexity index is 99.7. The van der Waals surface area contributed by atoms with Crippen LogP contribution in [0.2, 0.25) is 0 Å². The average molecular weight is 157 g/mol. The molecule has 1 aliphatic rings. The smallest absolute Gasteiger partial charge is 0.0350 e. The summed E-state index contributed by atoms with van der Waals surface area (Å²) in [5, 5.41) is 11.0. The highest BCUT2D eigenvalue weighted by Crippen LogP contribution is 2.21. The Balaban J connectivity index is 2.21. The first-order chi connectivity index (χ1) is 5.34. The quantitative estimate of drug-likeness (QED) is 0.636. The number of nitrogens with zero attached hydrogens (tertiary/aromatic N) is 1. The van der Waals surface area contributed by atoms with E-state index < -0.39 is 0 Å². The third-order valence-electron chi connectivity index (χ3n) is 2.45. The fourth-order valence-electron chi connectivity index (χ4n) is 1.79. The van der Waals surface area contributed by atoms with Crippen LogP contribution in [0, 0.1) is 0 Å². The van der Waals surface area contributed by atoms with Gasteiger partial charge in [-0.25, -0.2) is 0 Å². The van der Waals surface area contributed by atoms with Crippen molar-refractivity contribution in [2.24, 2.45) is 0 Å². The summed E-state index contributed by atoms with van der Waals surface area (Å²) in [7, 11) is 0. The van der Waals surface area contributed by atoms with Gasteiger partial charge in [0.05, 0.1) is 0 Å². The third-order valence-corrected chi connectivity index (χ3v) is 2.45. The monoisotopic (exact) mass is 157 g/mol. The summed E-state index contributed by atoms with van der Waals surface area (Å²) in [6, 6.07) is 0.462. The summed E-state index contributed by atoms with van der Waals surface area (Å²) in [6.07, 6.45) is 7.38. The van der Waals surface area contributed by atoms with E-state index in [0.717, 1.165) is 13.0 Å². The van der Waals surface area contributed by atoms with Gasteiger partial charge in [0.2, 0.25) is 0 Å². The fraction of sp³-hybridized carbons (Fsp3) is 1.00. The molecule has 0 spiro atoms. The molecule has 2 nitrogen and oxygen atoms in total. The zero-order chi connectivity index (χ0) is 8.10. The van der Waals surface area contributed by atoms with Gasteiger partial charge in [0.1, 0.15) is 0 Å². The van der Waals surface area contributed by atoms with E-state index in [2.05, 4.69) is 6.92 Å². The lowest BCUT2D eigenvalue weighted by Gasteiger charge is -2.28. The Kier molecular flexibility index (Phi) is 3.87. The van der Waals surface area contributed by atoms with Gasteiger partial charge < -0.3 is 5.21 Å². The predicted octanol–water partition coefficient (Wildman–Crippen LogP) is 2.42. The topological polar surface area (TPSA) is 23.5 Å². The van der Waals surface area contributed by atoms with Gasteiger partial charge >= 0.3 is 0 Å². The molecule has 2 heteroatoms. The van der Waals surface area contributed by atoms with Crippen LogP contribution in [0.5, 0.6) is 0 Å². The van der Waals surface area contributed by atoms with E-state index in [9.17, 15) is 5.21 Å². The van der Waals surface area contributed by atoms with Gasteiger partial charge in [-0.05, 0) is 19.3 Å². The van der Waals surface area contributed by atoms with E-state index in [1.54, 1.807) is 5.06 Å². The molecular formula is C9H19NO. The first-order valence-electron chi connectivity index (χ1n) is 4.80. The Hall–Kier alpha value is -0.0800. The van der Waals surface area contributed by atoms with Gasteiger partial charge in [0.15, 0.2) is 0 Å². The van der Waals surface area contributed by atoms with E-state index in [-0.39, 0.29) is 0 Å². The van der Waals surface area contributed by atoms with Crippen LogP contribution < -0.4 is 0 Å². The number of hydrogen-bond acceptors (Lipinski definition) is 2. The highest BCUT2D eigenvalue weighted by atomic mass is 16.5. The minimum Gasteiger partial charge on any atom is -0.314 e. The molecule has 1 N–H and O–H groups in total. The van der Waals surface area contributed by atoms with E-state index in [4.69, 9.17) is 0 Å². The number of rotatable bonds is 3. The molecule has 0 unspecified atom stereocenters. The molecular weight excluding hydrogens is 138 g/mol. The standard InChI is InChI=1S/C9H19NO/c1-2-8-10(11)9-6-4-3-5-7-9/h9,11H,2-8H2,1H3. The highest BCUT2D eigenvalue weighted by molar-refractivity contribution is 4.70. The van der Waals surface area contributed by atoms with Gasteiger partial charge in [-0.3, -0.25) is 0 Å². The molecule has 0 aromatic heterocycles. The van der Waals surface area contributed by atoms with Crippen molar-refractivity contribution in [3.63, 3.8) is 0 Å². The zero-order valence-corrected chi connectivity index (χ0v) is 7.42. The van der Waals surface area contributed by atoms with Gasteiger partial charge in [-0.1, -0.05) is 26.2 Å². The van der Waals surface area contributed by atoms with E-state index in [1.807, 2.05) is 0 Å². The first-order valence-corrected chi connectivity index (χ1v) is 4.80. The first kappa shape index (κ1) is 9.01. The molecule has 0 bridgehead atoms. The molecule has 1 rings (SSSR count). The second kappa shape index (κ2) is 4.73. The summed E-state index contributed by atoms with van der Waals surface area (Å²) in [6.45, 7) is 2.94. The number of hydrogen-bond donors (Lipinski definition) is 1. The maximum Gasteiger partial charge on any atom is 0.0350 e. The summed E-state index contributed by atoms with van der Waals surface area (Å²) in [5.41, 5.74) is 0. The molecule has 1 fully saturated rings. The van der Waals surface area contributed by atoms with E-state index >= 15 is 0 Å². The molecule has 0 atom stereocenters. The largest absolute Gasteiger partial charge is 0.314 e. The van der Waals surface area contributed by atoms with Crippen molar-refractivity contribution in [1.29, 1.82) is 0 Å². The van der Waals surface area contributed by atoms with Crippen LogP contribution in [0.1, 0.15) is 45.4 Å². The van der Waals surface area contributed by atoms with Crippen LogP contribution in [-0.2, 0) is 0 Å². The zero-order valence-electron chi connectivity index (χ0n) is 7.42. The van der Waals surface area contributed by atoms with Gasteiger partial charge in [0.25, 0.3) is 0 Å². The second-order valence-corrected chi connectivity index (χ2v) is 3.45. The Morgan fingerprint density at radius 2 is 1.91 bits per heavy atom. The van der Waals surface area contributed by atoms with Crippen molar-refractivity contribution in [2.45, 2.75) is 51.5 Å². The lowest BCUT2D eigenvalue weighted by molar-refractivity contribution is -0.134. The van der Waals surface area contributed by atoms with Gasteiger partial charge in [-0.15, -0.1) is 0 Å². The van der Waals surface area contributed by atoms with Crippen molar-refractivity contribution in [1.82, 2.24) is 5.06 Å². The average Bonchev–Trinajstić information content (AvgIpc) is 2.07. The van der Waals surface area contributed by atoms with E-state index in [1.165, 1.54) is 32.1 Å². The van der Waals surface area contributed by atoms with Crippen molar-refractivity contribution >= 4 is 0 Å².